The number of halogens is 1. The van der Waals surface area contributed by atoms with E-state index in [0.29, 0.717) is 0 Å². The minimum Gasteiger partial charge on any atom is -0.385 e. The molecule has 0 aliphatic rings. The lowest BCUT2D eigenvalue weighted by Gasteiger charge is -2.04. The minimum atomic E-state index is 0.976. The normalized spacial score (nSPS) is 10.8. The molecular weight excluding hydrogens is 332 g/mol. The van der Waals surface area contributed by atoms with Crippen molar-refractivity contribution < 1.29 is 0 Å². The summed E-state index contributed by atoms with van der Waals surface area (Å²) >= 11 is 5.28. The Bertz CT molecular complexity index is 694. The van der Waals surface area contributed by atoms with E-state index in [4.69, 9.17) is 0 Å². The molecule has 3 aromatic rings. The molecule has 0 atom stereocenters. The molecule has 0 saturated heterocycles. The van der Waals surface area contributed by atoms with Crippen molar-refractivity contribution in [3.63, 3.8) is 0 Å². The number of hydrogen-bond acceptors (Lipinski definition) is 3. The van der Waals surface area contributed by atoms with Gasteiger partial charge in [-0.1, -0.05) is 34.1 Å². The van der Waals surface area contributed by atoms with Crippen LogP contribution in [-0.2, 0) is 6.42 Å². The Hall–Kier alpha value is -1.39. The average Bonchev–Trinajstić information content (AvgIpc) is 2.86. The quantitative estimate of drug-likeness (QED) is 0.649. The molecule has 0 amide bonds. The van der Waals surface area contributed by atoms with Gasteiger partial charge in [-0.05, 0) is 36.8 Å². The first-order valence-corrected chi connectivity index (χ1v) is 8.26. The molecule has 2 aromatic carbocycles. The number of aryl methyl sites for hydroxylation is 1. The van der Waals surface area contributed by atoms with Crippen molar-refractivity contribution >= 4 is 43.2 Å². The number of aromatic nitrogens is 1. The summed E-state index contributed by atoms with van der Waals surface area (Å²) in [6, 6.07) is 16.6. The van der Waals surface area contributed by atoms with E-state index < -0.39 is 0 Å². The highest BCUT2D eigenvalue weighted by atomic mass is 79.9. The fourth-order valence-electron chi connectivity index (χ4n) is 2.08. The van der Waals surface area contributed by atoms with Gasteiger partial charge >= 0.3 is 0 Å². The lowest BCUT2D eigenvalue weighted by atomic mass is 10.3. The molecule has 0 saturated carbocycles. The molecule has 0 spiro atoms. The molecular formula is C16H15BrN2S. The number of nitrogens with one attached hydrogen (secondary N) is 1. The second kappa shape index (κ2) is 6.37. The topological polar surface area (TPSA) is 24.9 Å². The number of hydrogen-bond donors (Lipinski definition) is 1. The Balaban J connectivity index is 1.55. The number of para-hydroxylation sites is 1. The van der Waals surface area contributed by atoms with Gasteiger partial charge in [0.05, 0.1) is 15.2 Å². The predicted octanol–water partition coefficient (Wildman–Crippen LogP) is 5.10. The molecule has 0 aliphatic heterocycles. The lowest BCUT2D eigenvalue weighted by Crippen LogP contribution is -2.02. The van der Waals surface area contributed by atoms with Crippen molar-refractivity contribution in [2.24, 2.45) is 0 Å². The van der Waals surface area contributed by atoms with Crippen LogP contribution in [0.25, 0.3) is 10.2 Å². The fourth-order valence-corrected chi connectivity index (χ4v) is 3.42. The highest BCUT2D eigenvalue weighted by Gasteiger charge is 2.04. The molecule has 0 aliphatic carbocycles. The molecule has 2 nitrogen and oxygen atoms in total. The number of nitrogens with zero attached hydrogens (tertiary/aromatic N) is 1. The van der Waals surface area contributed by atoms with Crippen molar-refractivity contribution in [1.29, 1.82) is 0 Å². The molecule has 102 valence electrons. The van der Waals surface area contributed by atoms with Gasteiger partial charge in [0.15, 0.2) is 0 Å². The third-order valence-electron chi connectivity index (χ3n) is 3.06. The van der Waals surface area contributed by atoms with Gasteiger partial charge in [-0.2, -0.15) is 0 Å². The number of thiazole rings is 1. The van der Waals surface area contributed by atoms with Crippen LogP contribution in [0.1, 0.15) is 11.4 Å². The summed E-state index contributed by atoms with van der Waals surface area (Å²) in [6.45, 7) is 0.976. The largest absolute Gasteiger partial charge is 0.385 e. The summed E-state index contributed by atoms with van der Waals surface area (Å²) < 4.78 is 2.35. The molecule has 0 radical (unpaired) electrons. The molecule has 3 rings (SSSR count). The van der Waals surface area contributed by atoms with Gasteiger partial charge in [0, 0.05) is 23.1 Å². The number of benzene rings is 2. The van der Waals surface area contributed by atoms with E-state index in [1.54, 1.807) is 11.3 Å². The minimum absolute atomic E-state index is 0.976. The Morgan fingerprint density at radius 1 is 1.10 bits per heavy atom. The smallest absolute Gasteiger partial charge is 0.0939 e. The van der Waals surface area contributed by atoms with Crippen LogP contribution in [0.3, 0.4) is 0 Å². The molecule has 1 heterocycles. The van der Waals surface area contributed by atoms with Gasteiger partial charge in [0.2, 0.25) is 0 Å². The van der Waals surface area contributed by atoms with E-state index in [2.05, 4.69) is 56.6 Å². The van der Waals surface area contributed by atoms with Gasteiger partial charge in [-0.3, -0.25) is 0 Å². The molecule has 0 fully saturated rings. The van der Waals surface area contributed by atoms with Crippen LogP contribution in [-0.4, -0.2) is 11.5 Å². The van der Waals surface area contributed by atoms with Crippen LogP contribution >= 0.6 is 27.3 Å². The first kappa shape index (κ1) is 13.6. The molecule has 20 heavy (non-hydrogen) atoms. The lowest BCUT2D eigenvalue weighted by molar-refractivity contribution is 0.857. The standard InChI is InChI=1S/C16H15BrN2S/c17-12-8-9-15-14(11-12)19-16(20-15)7-4-10-18-13-5-2-1-3-6-13/h1-3,5-6,8-9,11,18H,4,7,10H2. The molecule has 4 heteroatoms. The summed E-state index contributed by atoms with van der Waals surface area (Å²) in [4.78, 5) is 4.68. The summed E-state index contributed by atoms with van der Waals surface area (Å²) in [5.74, 6) is 0. The van der Waals surface area contributed by atoms with Crippen molar-refractivity contribution in [2.45, 2.75) is 12.8 Å². The van der Waals surface area contributed by atoms with E-state index in [1.165, 1.54) is 15.4 Å². The van der Waals surface area contributed by atoms with E-state index in [0.717, 1.165) is 29.4 Å². The van der Waals surface area contributed by atoms with Gasteiger partial charge in [0.1, 0.15) is 0 Å². The Labute approximate surface area is 131 Å². The number of anilines is 1. The van der Waals surface area contributed by atoms with Crippen molar-refractivity contribution in [2.75, 3.05) is 11.9 Å². The average molecular weight is 347 g/mol. The molecule has 1 aromatic heterocycles. The summed E-state index contributed by atoms with van der Waals surface area (Å²) in [6.07, 6.45) is 2.12. The Morgan fingerprint density at radius 3 is 2.80 bits per heavy atom. The van der Waals surface area contributed by atoms with E-state index in [1.807, 2.05) is 18.2 Å². The van der Waals surface area contributed by atoms with Crippen LogP contribution in [0, 0.1) is 0 Å². The van der Waals surface area contributed by atoms with Crippen LogP contribution in [0.4, 0.5) is 5.69 Å². The van der Waals surface area contributed by atoms with Crippen LogP contribution in [0.5, 0.6) is 0 Å². The Morgan fingerprint density at radius 2 is 1.95 bits per heavy atom. The van der Waals surface area contributed by atoms with Gasteiger partial charge in [-0.25, -0.2) is 4.98 Å². The predicted molar refractivity (Wildman–Crippen MR) is 90.6 cm³/mol. The molecule has 0 bridgehead atoms. The first-order chi connectivity index (χ1) is 9.81. The van der Waals surface area contributed by atoms with Crippen molar-refractivity contribution in [3.05, 3.63) is 58.0 Å². The van der Waals surface area contributed by atoms with Crippen LogP contribution in [0.15, 0.2) is 53.0 Å². The summed E-state index contributed by atoms with van der Waals surface area (Å²) in [5.41, 5.74) is 2.27. The zero-order chi connectivity index (χ0) is 13.8. The zero-order valence-electron chi connectivity index (χ0n) is 11.0. The highest BCUT2D eigenvalue weighted by molar-refractivity contribution is 9.10. The fraction of sp³-hybridized carbons (Fsp3) is 0.188. The third kappa shape index (κ3) is 3.38. The van der Waals surface area contributed by atoms with Gasteiger partial charge in [0.25, 0.3) is 0 Å². The molecule has 0 unspecified atom stereocenters. The number of rotatable bonds is 5. The van der Waals surface area contributed by atoms with Gasteiger partial charge < -0.3 is 5.32 Å². The van der Waals surface area contributed by atoms with E-state index >= 15 is 0 Å². The Kier molecular flexibility index (Phi) is 4.33. The maximum atomic E-state index is 4.68. The van der Waals surface area contributed by atoms with Gasteiger partial charge in [-0.15, -0.1) is 11.3 Å². The van der Waals surface area contributed by atoms with Crippen LogP contribution < -0.4 is 5.32 Å². The number of fused-ring (bicyclic) bond motifs is 1. The zero-order valence-corrected chi connectivity index (χ0v) is 13.4. The summed E-state index contributed by atoms with van der Waals surface area (Å²) in [5, 5.41) is 4.64. The summed E-state index contributed by atoms with van der Waals surface area (Å²) in [7, 11) is 0. The second-order valence-corrected chi connectivity index (χ2v) is 6.65. The third-order valence-corrected chi connectivity index (χ3v) is 4.65. The van der Waals surface area contributed by atoms with E-state index in [-0.39, 0.29) is 0 Å². The van der Waals surface area contributed by atoms with Crippen molar-refractivity contribution in [1.82, 2.24) is 4.98 Å². The maximum Gasteiger partial charge on any atom is 0.0939 e. The monoisotopic (exact) mass is 346 g/mol. The SMILES string of the molecule is Brc1ccc2sc(CCCNc3ccccc3)nc2c1. The van der Waals surface area contributed by atoms with Crippen LogP contribution in [0.2, 0.25) is 0 Å². The second-order valence-electron chi connectivity index (χ2n) is 4.62. The first-order valence-electron chi connectivity index (χ1n) is 6.65. The van der Waals surface area contributed by atoms with E-state index in [9.17, 15) is 0 Å². The van der Waals surface area contributed by atoms with Crippen molar-refractivity contribution in [3.8, 4) is 0 Å². The maximum absolute atomic E-state index is 4.68. The highest BCUT2D eigenvalue weighted by Crippen LogP contribution is 2.25. The molecule has 1 N–H and O–H groups in total.